The number of aryl methyl sites for hydroxylation is 1. The van der Waals surface area contributed by atoms with Crippen LogP contribution in [-0.2, 0) is 21.4 Å². The van der Waals surface area contributed by atoms with Crippen molar-refractivity contribution >= 4 is 51.6 Å². The van der Waals surface area contributed by atoms with E-state index >= 15 is 0 Å². The predicted octanol–water partition coefficient (Wildman–Crippen LogP) is 3.49. The second-order valence-electron chi connectivity index (χ2n) is 18.3. The minimum absolute atomic E-state index is 0.000115. The minimum Gasteiger partial charge on any atom is -0.374 e. The van der Waals surface area contributed by atoms with Gasteiger partial charge in [-0.05, 0) is 69.6 Å². The Balaban J connectivity index is 0.682. The van der Waals surface area contributed by atoms with Gasteiger partial charge in [0.2, 0.25) is 11.8 Å². The molecule has 5 aliphatic heterocycles. The van der Waals surface area contributed by atoms with Gasteiger partial charge in [-0.25, -0.2) is 23.1 Å². The van der Waals surface area contributed by atoms with Crippen LogP contribution in [0, 0.1) is 0 Å². The molecule has 4 aromatic heterocycles. The first kappa shape index (κ1) is 41.0. The highest BCUT2D eigenvalue weighted by Gasteiger charge is 2.40. The monoisotopic (exact) mass is 881 g/mol. The number of benzene rings is 1. The smallest absolute Gasteiger partial charge is 0.329 e. The number of piperazine rings is 1. The van der Waals surface area contributed by atoms with E-state index in [1.807, 2.05) is 18.2 Å². The Morgan fingerprint density at radius 2 is 1.64 bits per heavy atom. The molecular weight excluding hydrogens is 829 g/mol. The van der Waals surface area contributed by atoms with Gasteiger partial charge in [0.05, 0.1) is 53.4 Å². The predicted molar refractivity (Wildman–Crippen MR) is 232 cm³/mol. The Hall–Kier alpha value is -5.73. The Morgan fingerprint density at radius 1 is 0.906 bits per heavy atom. The van der Waals surface area contributed by atoms with Gasteiger partial charge < -0.3 is 19.9 Å². The quantitative estimate of drug-likeness (QED) is 0.207. The first-order valence-electron chi connectivity index (χ1n) is 22.8. The highest BCUT2D eigenvalue weighted by Crippen LogP contribution is 2.37. The van der Waals surface area contributed by atoms with Gasteiger partial charge in [-0.2, -0.15) is 10.2 Å². The maximum atomic E-state index is 14.4. The largest absolute Gasteiger partial charge is 0.374 e. The average molecular weight is 882 g/mol. The van der Waals surface area contributed by atoms with Gasteiger partial charge >= 0.3 is 5.69 Å². The number of carbonyl (C=O) groups excluding carboxylic acids is 3. The third-order valence-corrected chi connectivity index (χ3v) is 14.8. The number of halogens is 2. The fourth-order valence-electron chi connectivity index (χ4n) is 11.4. The van der Waals surface area contributed by atoms with Crippen LogP contribution in [0.15, 0.2) is 47.7 Å². The van der Waals surface area contributed by atoms with Crippen molar-refractivity contribution in [2.45, 2.75) is 101 Å². The lowest BCUT2D eigenvalue weighted by Crippen LogP contribution is -2.55. The SMILES string of the molecule is Cn1c(=O)n(C2CCC(=O)NC2=O)c2cccc(N3CCC(N4CCN([C@H]5CC[C@@H](n6cc(NC(=O)c7cnn8ccc(N9C[C@H]%10C[C@@H]9CO%10)nc78)c(C(F)F)n6)CC5)CC4)CC3)c21. The van der Waals surface area contributed by atoms with E-state index in [0.29, 0.717) is 36.3 Å². The molecule has 6 fully saturated rings. The zero-order valence-corrected chi connectivity index (χ0v) is 35.8. The lowest BCUT2D eigenvalue weighted by molar-refractivity contribution is -0.135. The van der Waals surface area contributed by atoms with E-state index in [4.69, 9.17) is 9.72 Å². The van der Waals surface area contributed by atoms with Crippen LogP contribution in [0.25, 0.3) is 16.7 Å². The van der Waals surface area contributed by atoms with Crippen molar-refractivity contribution in [1.82, 2.24) is 48.6 Å². The average Bonchev–Trinajstić information content (AvgIpc) is 4.17. The van der Waals surface area contributed by atoms with Gasteiger partial charge in [-0.15, -0.1) is 0 Å². The number of anilines is 3. The van der Waals surface area contributed by atoms with Crippen LogP contribution < -0.4 is 26.1 Å². The summed E-state index contributed by atoms with van der Waals surface area (Å²) in [5.74, 6) is -0.572. The van der Waals surface area contributed by atoms with Crippen LogP contribution in [0.2, 0.25) is 0 Å². The van der Waals surface area contributed by atoms with E-state index < -0.39 is 30.0 Å². The number of imidazole rings is 1. The number of rotatable bonds is 9. The third kappa shape index (κ3) is 7.22. The molecule has 3 amide bonds. The Kier molecular flexibility index (Phi) is 10.5. The Morgan fingerprint density at radius 3 is 2.33 bits per heavy atom. The molecule has 2 bridgehead atoms. The second kappa shape index (κ2) is 16.4. The number of morpholine rings is 1. The Labute approximate surface area is 367 Å². The van der Waals surface area contributed by atoms with Gasteiger partial charge in [0.1, 0.15) is 17.4 Å². The molecule has 338 valence electrons. The van der Waals surface area contributed by atoms with Crippen LogP contribution in [-0.4, -0.2) is 138 Å². The lowest BCUT2D eigenvalue weighted by atomic mass is 9.89. The first-order valence-corrected chi connectivity index (χ1v) is 22.8. The molecule has 1 unspecified atom stereocenters. The molecule has 1 saturated carbocycles. The van der Waals surface area contributed by atoms with Gasteiger partial charge in [0.15, 0.2) is 11.3 Å². The molecule has 3 atom stereocenters. The van der Waals surface area contributed by atoms with Crippen molar-refractivity contribution in [3.8, 4) is 0 Å². The molecule has 6 aliphatic rings. The minimum atomic E-state index is -2.86. The zero-order valence-electron chi connectivity index (χ0n) is 35.8. The molecule has 0 radical (unpaired) electrons. The van der Waals surface area contributed by atoms with Gasteiger partial charge in [0.25, 0.3) is 12.3 Å². The van der Waals surface area contributed by atoms with Crippen molar-refractivity contribution in [1.29, 1.82) is 0 Å². The summed E-state index contributed by atoms with van der Waals surface area (Å²) in [7, 11) is 1.75. The number of nitrogens with zero attached hydrogens (tertiary/aromatic N) is 11. The number of para-hydroxylation sites is 1. The molecule has 5 saturated heterocycles. The highest BCUT2D eigenvalue weighted by atomic mass is 19.3. The number of fused-ring (bicyclic) bond motifs is 4. The zero-order chi connectivity index (χ0) is 43.8. The molecule has 1 aromatic carbocycles. The van der Waals surface area contributed by atoms with Crippen LogP contribution in [0.5, 0.6) is 0 Å². The van der Waals surface area contributed by atoms with E-state index in [1.165, 1.54) is 10.7 Å². The first-order chi connectivity index (χ1) is 31.1. The van der Waals surface area contributed by atoms with E-state index in [0.717, 1.165) is 108 Å². The number of nitrogens with one attached hydrogen (secondary N) is 2. The molecule has 2 N–H and O–H groups in total. The summed E-state index contributed by atoms with van der Waals surface area (Å²) in [6.07, 6.45) is 9.00. The summed E-state index contributed by atoms with van der Waals surface area (Å²) in [6, 6.07) is 8.11. The number of carbonyl (C=O) groups is 3. The number of amides is 3. The number of imide groups is 1. The number of alkyl halides is 2. The van der Waals surface area contributed by atoms with Crippen molar-refractivity contribution in [3.05, 3.63) is 64.6 Å². The molecule has 18 nitrogen and oxygen atoms in total. The summed E-state index contributed by atoms with van der Waals surface area (Å²) in [5, 5.41) is 13.7. The standard InChI is InChI=1S/C44H53F2N13O5/c1-52-39-33(3-2-4-34(39)59(44(52)63)35-9-10-37(60)50-43(35)62)55-14-11-27(12-15-55)54-19-17-53(18-20-54)26-5-7-28(8-6-26)58-24-32(38(51-58)40(45)46)48-42(61)31-22-47-57-16-13-36(49-41(31)57)56-23-30-21-29(56)25-64-30/h2-4,13,16,22,24,26-30,35,40H,5-12,14-15,17-21,23,25H2,1H3,(H,48,61)(H,50,60,62)/t26-,28+,29-,30-,35?/m1/s1. The fourth-order valence-corrected chi connectivity index (χ4v) is 11.4. The number of hydrogen-bond donors (Lipinski definition) is 2. The van der Waals surface area contributed by atoms with Crippen molar-refractivity contribution in [3.63, 3.8) is 0 Å². The maximum Gasteiger partial charge on any atom is 0.329 e. The van der Waals surface area contributed by atoms with Crippen LogP contribution >= 0.6 is 0 Å². The molecule has 0 spiro atoms. The van der Waals surface area contributed by atoms with E-state index in [1.54, 1.807) is 33.3 Å². The number of ether oxygens (including phenoxy) is 1. The van der Waals surface area contributed by atoms with Gasteiger partial charge in [0, 0.05) is 83.8 Å². The number of aromatic nitrogens is 7. The second-order valence-corrected chi connectivity index (χ2v) is 18.3. The highest BCUT2D eigenvalue weighted by molar-refractivity contribution is 6.08. The Bertz CT molecular complexity index is 2670. The third-order valence-electron chi connectivity index (χ3n) is 14.8. The molecule has 11 rings (SSSR count). The molecule has 20 heteroatoms. The summed E-state index contributed by atoms with van der Waals surface area (Å²) >= 11 is 0. The van der Waals surface area contributed by atoms with Crippen molar-refractivity contribution < 1.29 is 27.9 Å². The molecule has 5 aromatic rings. The topological polar surface area (TPSA) is 172 Å². The van der Waals surface area contributed by atoms with Crippen molar-refractivity contribution in [2.24, 2.45) is 7.05 Å². The van der Waals surface area contributed by atoms with Gasteiger partial charge in [-0.3, -0.25) is 43.3 Å². The summed E-state index contributed by atoms with van der Waals surface area (Å²) < 4.78 is 40.8. The normalized spacial score (nSPS) is 26.2. The van der Waals surface area contributed by atoms with E-state index in [9.17, 15) is 28.0 Å². The molecule has 1 aliphatic carbocycles. The fraction of sp³-hybridized carbons (Fsp3) is 0.568. The summed E-state index contributed by atoms with van der Waals surface area (Å²) in [5.41, 5.74) is 2.35. The van der Waals surface area contributed by atoms with E-state index in [-0.39, 0.29) is 47.5 Å². The number of hydrogen-bond acceptors (Lipinski definition) is 12. The van der Waals surface area contributed by atoms with Crippen molar-refractivity contribution in [2.75, 3.05) is 67.5 Å². The van der Waals surface area contributed by atoms with Crippen LogP contribution in [0.3, 0.4) is 0 Å². The maximum absolute atomic E-state index is 14.4. The lowest BCUT2D eigenvalue weighted by Gasteiger charge is -2.46. The van der Waals surface area contributed by atoms with E-state index in [2.05, 4.69) is 46.5 Å². The molecular formula is C44H53F2N13O5. The van der Waals surface area contributed by atoms with Crippen LogP contribution in [0.1, 0.15) is 92.3 Å². The molecule has 9 heterocycles. The summed E-state index contributed by atoms with van der Waals surface area (Å²) in [6.45, 7) is 7.02. The summed E-state index contributed by atoms with van der Waals surface area (Å²) in [4.78, 5) is 66.2. The van der Waals surface area contributed by atoms with Crippen LogP contribution in [0.4, 0.5) is 26.0 Å². The number of piperidine rings is 2. The van der Waals surface area contributed by atoms with Gasteiger partial charge in [-0.1, -0.05) is 6.07 Å². The molecule has 64 heavy (non-hydrogen) atoms.